The summed E-state index contributed by atoms with van der Waals surface area (Å²) < 4.78 is 10.9. The SMILES string of the molecule is CCOCCOc1ccc(CN(C)C[C@]2(O)CCCN(c3cnccn3)C2)cc1. The highest BCUT2D eigenvalue weighted by molar-refractivity contribution is 5.36. The van der Waals surface area contributed by atoms with Gasteiger partial charge in [-0.2, -0.15) is 0 Å². The second kappa shape index (κ2) is 10.5. The number of β-amino-alcohol motifs (C(OH)–C–C–N with tert-alkyl or cyclic N) is 1. The maximum atomic E-state index is 11.2. The fourth-order valence-electron chi connectivity index (χ4n) is 3.82. The van der Waals surface area contributed by atoms with E-state index in [-0.39, 0.29) is 0 Å². The Kier molecular flexibility index (Phi) is 7.80. The summed E-state index contributed by atoms with van der Waals surface area (Å²) in [6, 6.07) is 8.12. The van der Waals surface area contributed by atoms with Crippen molar-refractivity contribution < 1.29 is 14.6 Å². The molecule has 0 aliphatic carbocycles. The Balaban J connectivity index is 1.49. The Bertz CT molecular complexity index is 729. The molecular weight excluding hydrogens is 368 g/mol. The second-order valence-corrected chi connectivity index (χ2v) is 7.67. The third-order valence-electron chi connectivity index (χ3n) is 5.07. The van der Waals surface area contributed by atoms with E-state index >= 15 is 0 Å². The van der Waals surface area contributed by atoms with Gasteiger partial charge < -0.3 is 19.5 Å². The zero-order chi connectivity index (χ0) is 20.5. The quantitative estimate of drug-likeness (QED) is 0.614. The lowest BCUT2D eigenvalue weighted by Gasteiger charge is -2.41. The first-order valence-electron chi connectivity index (χ1n) is 10.3. The molecule has 1 saturated heterocycles. The monoisotopic (exact) mass is 400 g/mol. The van der Waals surface area contributed by atoms with Gasteiger partial charge in [0.2, 0.25) is 0 Å². The molecule has 0 radical (unpaired) electrons. The predicted molar refractivity (Wildman–Crippen MR) is 113 cm³/mol. The van der Waals surface area contributed by atoms with Crippen LogP contribution in [0.1, 0.15) is 25.3 Å². The first-order valence-corrected chi connectivity index (χ1v) is 10.3. The van der Waals surface area contributed by atoms with E-state index < -0.39 is 5.60 Å². The van der Waals surface area contributed by atoms with E-state index in [0.717, 1.165) is 37.5 Å². The summed E-state index contributed by atoms with van der Waals surface area (Å²) in [6.45, 7) is 6.69. The molecule has 0 amide bonds. The van der Waals surface area contributed by atoms with E-state index in [1.54, 1.807) is 18.6 Å². The van der Waals surface area contributed by atoms with E-state index in [1.807, 2.05) is 26.1 Å². The number of likely N-dealkylation sites (N-methyl/N-ethyl adjacent to an activating group) is 1. The molecule has 1 aromatic carbocycles. The number of benzene rings is 1. The van der Waals surface area contributed by atoms with Crippen LogP contribution in [0.25, 0.3) is 0 Å². The van der Waals surface area contributed by atoms with Crippen molar-refractivity contribution in [3.63, 3.8) is 0 Å². The Labute approximate surface area is 173 Å². The Morgan fingerprint density at radius 3 is 2.76 bits per heavy atom. The minimum absolute atomic E-state index is 0.558. The Morgan fingerprint density at radius 2 is 2.03 bits per heavy atom. The van der Waals surface area contributed by atoms with Gasteiger partial charge >= 0.3 is 0 Å². The first-order chi connectivity index (χ1) is 14.1. The van der Waals surface area contributed by atoms with Crippen LogP contribution < -0.4 is 9.64 Å². The van der Waals surface area contributed by atoms with Crippen molar-refractivity contribution in [2.75, 3.05) is 51.4 Å². The molecule has 1 fully saturated rings. The van der Waals surface area contributed by atoms with E-state index in [0.29, 0.717) is 32.9 Å². The number of aliphatic hydroxyl groups is 1. The fourth-order valence-corrected chi connectivity index (χ4v) is 3.82. The fraction of sp³-hybridized carbons (Fsp3) is 0.545. The molecule has 29 heavy (non-hydrogen) atoms. The maximum Gasteiger partial charge on any atom is 0.147 e. The van der Waals surface area contributed by atoms with Gasteiger partial charge in [0.15, 0.2) is 0 Å². The number of hydrogen-bond acceptors (Lipinski definition) is 7. The van der Waals surface area contributed by atoms with Crippen LogP contribution in [0.3, 0.4) is 0 Å². The molecule has 0 bridgehead atoms. The van der Waals surface area contributed by atoms with Gasteiger partial charge in [0.25, 0.3) is 0 Å². The number of piperidine rings is 1. The minimum atomic E-state index is -0.757. The van der Waals surface area contributed by atoms with Gasteiger partial charge in [0, 0.05) is 45.2 Å². The van der Waals surface area contributed by atoms with Gasteiger partial charge in [-0.25, -0.2) is 4.98 Å². The molecule has 0 saturated carbocycles. The molecule has 2 aromatic rings. The van der Waals surface area contributed by atoms with Crippen LogP contribution in [0.2, 0.25) is 0 Å². The number of nitrogens with zero attached hydrogens (tertiary/aromatic N) is 4. The normalized spacial score (nSPS) is 19.5. The third kappa shape index (κ3) is 6.66. The highest BCUT2D eigenvalue weighted by Gasteiger charge is 2.34. The number of rotatable bonds is 10. The van der Waals surface area contributed by atoms with Crippen LogP contribution >= 0.6 is 0 Å². The van der Waals surface area contributed by atoms with Crippen molar-refractivity contribution in [1.29, 1.82) is 0 Å². The number of anilines is 1. The summed E-state index contributed by atoms with van der Waals surface area (Å²) in [6.07, 6.45) is 6.85. The first kappa shape index (κ1) is 21.5. The van der Waals surface area contributed by atoms with Crippen LogP contribution in [-0.4, -0.2) is 72.1 Å². The van der Waals surface area contributed by atoms with Crippen LogP contribution in [-0.2, 0) is 11.3 Å². The zero-order valence-electron chi connectivity index (χ0n) is 17.5. The highest BCUT2D eigenvalue weighted by Crippen LogP contribution is 2.25. The summed E-state index contributed by atoms with van der Waals surface area (Å²) in [7, 11) is 2.05. The van der Waals surface area contributed by atoms with Crippen molar-refractivity contribution in [3.8, 4) is 5.75 Å². The summed E-state index contributed by atoms with van der Waals surface area (Å²) in [5.74, 6) is 1.68. The molecule has 7 heteroatoms. The standard InChI is InChI=1S/C22H32N4O3/c1-3-28-13-14-29-20-7-5-19(6-8-20)16-25(2)17-22(27)9-4-12-26(18-22)21-15-23-10-11-24-21/h5-8,10-11,15,27H,3-4,9,12-14,16-18H2,1-2H3/t22-/m1/s1. The van der Waals surface area contributed by atoms with Crippen molar-refractivity contribution >= 4 is 5.82 Å². The maximum absolute atomic E-state index is 11.2. The largest absolute Gasteiger partial charge is 0.491 e. The third-order valence-corrected chi connectivity index (χ3v) is 5.07. The Morgan fingerprint density at radius 1 is 1.21 bits per heavy atom. The summed E-state index contributed by atoms with van der Waals surface area (Å²) >= 11 is 0. The van der Waals surface area contributed by atoms with E-state index in [2.05, 4.69) is 31.9 Å². The van der Waals surface area contributed by atoms with Crippen LogP contribution in [0.15, 0.2) is 42.9 Å². The van der Waals surface area contributed by atoms with Gasteiger partial charge in [-0.1, -0.05) is 12.1 Å². The molecule has 1 aliphatic heterocycles. The molecule has 1 atom stereocenters. The smallest absolute Gasteiger partial charge is 0.147 e. The van der Waals surface area contributed by atoms with E-state index in [9.17, 15) is 5.11 Å². The lowest BCUT2D eigenvalue weighted by molar-refractivity contribution is -0.00349. The zero-order valence-corrected chi connectivity index (χ0v) is 17.5. The van der Waals surface area contributed by atoms with Gasteiger partial charge in [-0.05, 0) is 44.5 Å². The molecule has 0 spiro atoms. The van der Waals surface area contributed by atoms with E-state index in [4.69, 9.17) is 9.47 Å². The van der Waals surface area contributed by atoms with Gasteiger partial charge in [0.05, 0.1) is 18.4 Å². The molecule has 1 N–H and O–H groups in total. The van der Waals surface area contributed by atoms with Crippen molar-refractivity contribution in [3.05, 3.63) is 48.4 Å². The van der Waals surface area contributed by atoms with Crippen molar-refractivity contribution in [2.24, 2.45) is 0 Å². The number of hydrogen-bond donors (Lipinski definition) is 1. The summed E-state index contributed by atoms with van der Waals surface area (Å²) in [5.41, 5.74) is 0.433. The van der Waals surface area contributed by atoms with Gasteiger partial charge in [-0.3, -0.25) is 9.88 Å². The summed E-state index contributed by atoms with van der Waals surface area (Å²) in [5, 5.41) is 11.2. The molecule has 0 unspecified atom stereocenters. The number of ether oxygens (including phenoxy) is 2. The number of aromatic nitrogens is 2. The molecule has 2 heterocycles. The topological polar surface area (TPSA) is 71.0 Å². The Hall–Kier alpha value is -2.22. The van der Waals surface area contributed by atoms with Gasteiger partial charge in [0.1, 0.15) is 18.2 Å². The van der Waals surface area contributed by atoms with Gasteiger partial charge in [-0.15, -0.1) is 0 Å². The van der Waals surface area contributed by atoms with Crippen LogP contribution in [0.5, 0.6) is 5.75 Å². The highest BCUT2D eigenvalue weighted by atomic mass is 16.5. The average Bonchev–Trinajstić information content (AvgIpc) is 2.72. The van der Waals surface area contributed by atoms with Crippen molar-refractivity contribution in [2.45, 2.75) is 31.9 Å². The van der Waals surface area contributed by atoms with Crippen molar-refractivity contribution in [1.82, 2.24) is 14.9 Å². The molecular formula is C22H32N4O3. The lowest BCUT2D eigenvalue weighted by Crippen LogP contribution is -2.54. The molecule has 7 nitrogen and oxygen atoms in total. The molecule has 1 aliphatic rings. The minimum Gasteiger partial charge on any atom is -0.491 e. The molecule has 1 aromatic heterocycles. The van der Waals surface area contributed by atoms with E-state index in [1.165, 1.54) is 5.56 Å². The van der Waals surface area contributed by atoms with Crippen LogP contribution in [0, 0.1) is 0 Å². The van der Waals surface area contributed by atoms with Crippen LogP contribution in [0.4, 0.5) is 5.82 Å². The summed E-state index contributed by atoms with van der Waals surface area (Å²) in [4.78, 5) is 12.8. The molecule has 158 valence electrons. The molecule has 3 rings (SSSR count). The average molecular weight is 401 g/mol. The predicted octanol–water partition coefficient (Wildman–Crippen LogP) is 2.36. The second-order valence-electron chi connectivity index (χ2n) is 7.67. The lowest BCUT2D eigenvalue weighted by atomic mass is 9.92.